The van der Waals surface area contributed by atoms with Gasteiger partial charge in [-0.05, 0) is 61.6 Å². The van der Waals surface area contributed by atoms with Crippen LogP contribution in [0, 0.1) is 0 Å². The number of nitrogens with zero attached hydrogens (tertiary/aromatic N) is 2. The van der Waals surface area contributed by atoms with Gasteiger partial charge in [-0.2, -0.15) is 0 Å². The molecule has 0 heterocycles. The zero-order valence-electron chi connectivity index (χ0n) is 17.6. The van der Waals surface area contributed by atoms with E-state index in [1.54, 1.807) is 31.1 Å². The van der Waals surface area contributed by atoms with E-state index in [0.29, 0.717) is 11.3 Å². The monoisotopic (exact) mass is 396 g/mol. The maximum Gasteiger partial charge on any atom is 0.253 e. The van der Waals surface area contributed by atoms with Crippen LogP contribution in [-0.4, -0.2) is 55.6 Å². The number of amides is 1. The summed E-state index contributed by atoms with van der Waals surface area (Å²) in [4.78, 5) is 18.3. The molecular weight excluding hydrogens is 364 g/mol. The number of hydrogen-bond donors (Lipinski definition) is 3. The quantitative estimate of drug-likeness (QED) is 0.346. The van der Waals surface area contributed by atoms with E-state index >= 15 is 0 Å². The van der Waals surface area contributed by atoms with E-state index in [0.717, 1.165) is 50.4 Å². The Labute approximate surface area is 173 Å². The van der Waals surface area contributed by atoms with Crippen molar-refractivity contribution >= 4 is 11.9 Å². The molecule has 2 aromatic rings. The first-order valence-electron chi connectivity index (χ1n) is 10.1. The molecule has 0 spiro atoms. The number of hydrogen-bond acceptors (Lipinski definition) is 3. The summed E-state index contributed by atoms with van der Waals surface area (Å²) < 4.78 is 0. The molecule has 29 heavy (non-hydrogen) atoms. The van der Waals surface area contributed by atoms with Crippen molar-refractivity contribution in [3.05, 3.63) is 65.2 Å². The van der Waals surface area contributed by atoms with Gasteiger partial charge in [-0.3, -0.25) is 9.79 Å². The first-order valence-corrected chi connectivity index (χ1v) is 10.1. The summed E-state index contributed by atoms with van der Waals surface area (Å²) in [6, 6.07) is 15.1. The fourth-order valence-corrected chi connectivity index (χ4v) is 2.92. The lowest BCUT2D eigenvalue weighted by Gasteiger charge is -2.13. The van der Waals surface area contributed by atoms with Crippen LogP contribution in [0.25, 0.3) is 0 Å². The van der Waals surface area contributed by atoms with Gasteiger partial charge in [-0.25, -0.2) is 0 Å². The summed E-state index contributed by atoms with van der Waals surface area (Å²) in [6.45, 7) is 4.31. The van der Waals surface area contributed by atoms with Crippen LogP contribution in [0.3, 0.4) is 0 Å². The third kappa shape index (κ3) is 7.86. The van der Waals surface area contributed by atoms with Crippen molar-refractivity contribution < 1.29 is 9.90 Å². The molecule has 3 N–H and O–H groups in total. The topological polar surface area (TPSA) is 77.0 Å². The van der Waals surface area contributed by atoms with Crippen molar-refractivity contribution in [3.63, 3.8) is 0 Å². The summed E-state index contributed by atoms with van der Waals surface area (Å²) in [7, 11) is 3.52. The highest BCUT2D eigenvalue weighted by atomic mass is 16.3. The van der Waals surface area contributed by atoms with Crippen molar-refractivity contribution in [2.45, 2.75) is 26.2 Å². The van der Waals surface area contributed by atoms with Crippen LogP contribution in [0.5, 0.6) is 5.75 Å². The van der Waals surface area contributed by atoms with Crippen LogP contribution in [-0.2, 0) is 12.8 Å². The van der Waals surface area contributed by atoms with Gasteiger partial charge in [0.1, 0.15) is 5.75 Å². The SMILES string of the molecule is CCNC(=NCCCc1ccc(O)cc1)NCCc1cccc(C(=O)N(C)C)c1. The summed E-state index contributed by atoms with van der Waals surface area (Å²) in [5.74, 6) is 1.11. The van der Waals surface area contributed by atoms with E-state index in [-0.39, 0.29) is 5.91 Å². The molecule has 0 unspecified atom stereocenters. The molecule has 2 aromatic carbocycles. The van der Waals surface area contributed by atoms with Crippen LogP contribution in [0.15, 0.2) is 53.5 Å². The molecule has 6 nitrogen and oxygen atoms in total. The van der Waals surface area contributed by atoms with Gasteiger partial charge < -0.3 is 20.6 Å². The Morgan fingerprint density at radius 3 is 2.48 bits per heavy atom. The summed E-state index contributed by atoms with van der Waals surface area (Å²) in [6.07, 6.45) is 2.68. The average Bonchev–Trinajstić information content (AvgIpc) is 2.72. The van der Waals surface area contributed by atoms with E-state index in [1.165, 1.54) is 5.56 Å². The van der Waals surface area contributed by atoms with Gasteiger partial charge in [0.15, 0.2) is 5.96 Å². The molecule has 0 saturated heterocycles. The number of rotatable bonds is 9. The van der Waals surface area contributed by atoms with Crippen molar-refractivity contribution in [2.75, 3.05) is 33.7 Å². The summed E-state index contributed by atoms with van der Waals surface area (Å²) >= 11 is 0. The third-order valence-electron chi connectivity index (χ3n) is 4.46. The van der Waals surface area contributed by atoms with Crippen LogP contribution < -0.4 is 10.6 Å². The van der Waals surface area contributed by atoms with Crippen LogP contribution >= 0.6 is 0 Å². The van der Waals surface area contributed by atoms with E-state index < -0.39 is 0 Å². The normalized spacial score (nSPS) is 11.2. The van der Waals surface area contributed by atoms with Crippen molar-refractivity contribution in [1.29, 1.82) is 0 Å². The number of aromatic hydroxyl groups is 1. The van der Waals surface area contributed by atoms with E-state index in [2.05, 4.69) is 15.6 Å². The second kappa shape index (κ2) is 11.7. The number of phenols is 1. The molecule has 0 atom stereocenters. The Bertz CT molecular complexity index is 801. The molecule has 0 aromatic heterocycles. The second-order valence-electron chi connectivity index (χ2n) is 7.11. The Balaban J connectivity index is 1.81. The lowest BCUT2D eigenvalue weighted by atomic mass is 10.1. The number of carbonyl (C=O) groups excluding carboxylic acids is 1. The number of guanidine groups is 1. The Hall–Kier alpha value is -3.02. The molecular formula is C23H32N4O2. The molecule has 0 fully saturated rings. The zero-order chi connectivity index (χ0) is 21.1. The standard InChI is InChI=1S/C23H32N4O2/c1-4-24-23(25-15-6-8-18-10-12-21(28)13-11-18)26-16-14-19-7-5-9-20(17-19)22(29)27(2)3/h5,7,9-13,17,28H,4,6,8,14-16H2,1-3H3,(H2,24,25,26). The van der Waals surface area contributed by atoms with Gasteiger partial charge in [0.05, 0.1) is 0 Å². The lowest BCUT2D eigenvalue weighted by molar-refractivity contribution is 0.0827. The minimum Gasteiger partial charge on any atom is -0.508 e. The number of phenolic OH excluding ortho intramolecular Hbond substituents is 1. The number of aliphatic imine (C=N–C) groups is 1. The molecule has 0 bridgehead atoms. The van der Waals surface area contributed by atoms with E-state index in [1.807, 2.05) is 43.3 Å². The first kappa shape index (κ1) is 22.3. The van der Waals surface area contributed by atoms with Gasteiger partial charge in [-0.1, -0.05) is 24.3 Å². The van der Waals surface area contributed by atoms with Crippen LogP contribution in [0.1, 0.15) is 34.8 Å². The fourth-order valence-electron chi connectivity index (χ4n) is 2.92. The summed E-state index contributed by atoms with van der Waals surface area (Å²) in [5.41, 5.74) is 3.03. The predicted molar refractivity (Wildman–Crippen MR) is 119 cm³/mol. The minimum atomic E-state index is 0.0170. The van der Waals surface area contributed by atoms with Gasteiger partial charge in [0.2, 0.25) is 0 Å². The van der Waals surface area contributed by atoms with Crippen molar-refractivity contribution in [3.8, 4) is 5.75 Å². The Morgan fingerprint density at radius 2 is 1.79 bits per heavy atom. The van der Waals surface area contributed by atoms with Crippen LogP contribution in [0.2, 0.25) is 0 Å². The molecule has 6 heteroatoms. The largest absolute Gasteiger partial charge is 0.508 e. The van der Waals surface area contributed by atoms with Crippen LogP contribution in [0.4, 0.5) is 0 Å². The highest BCUT2D eigenvalue weighted by Crippen LogP contribution is 2.11. The van der Waals surface area contributed by atoms with Gasteiger partial charge in [0.25, 0.3) is 5.91 Å². The van der Waals surface area contributed by atoms with E-state index in [9.17, 15) is 9.90 Å². The number of nitrogens with one attached hydrogen (secondary N) is 2. The van der Waals surface area contributed by atoms with Gasteiger partial charge in [0, 0.05) is 39.3 Å². The molecule has 0 aliphatic heterocycles. The third-order valence-corrected chi connectivity index (χ3v) is 4.46. The molecule has 0 aliphatic carbocycles. The first-order chi connectivity index (χ1) is 14.0. The summed E-state index contributed by atoms with van der Waals surface area (Å²) in [5, 5.41) is 16.0. The van der Waals surface area contributed by atoms with Crippen molar-refractivity contribution in [2.24, 2.45) is 4.99 Å². The highest BCUT2D eigenvalue weighted by Gasteiger charge is 2.08. The smallest absolute Gasteiger partial charge is 0.253 e. The molecule has 1 amide bonds. The molecule has 0 saturated carbocycles. The molecule has 0 radical (unpaired) electrons. The maximum atomic E-state index is 12.1. The van der Waals surface area contributed by atoms with Crippen molar-refractivity contribution in [1.82, 2.24) is 15.5 Å². The van der Waals surface area contributed by atoms with E-state index in [4.69, 9.17) is 0 Å². The molecule has 2 rings (SSSR count). The lowest BCUT2D eigenvalue weighted by Crippen LogP contribution is -2.38. The average molecular weight is 397 g/mol. The molecule has 156 valence electrons. The van der Waals surface area contributed by atoms with Gasteiger partial charge in [-0.15, -0.1) is 0 Å². The second-order valence-corrected chi connectivity index (χ2v) is 7.11. The predicted octanol–water partition coefficient (Wildman–Crippen LogP) is 2.82. The minimum absolute atomic E-state index is 0.0170. The molecule has 0 aliphatic rings. The Morgan fingerprint density at radius 1 is 1.03 bits per heavy atom. The number of benzene rings is 2. The van der Waals surface area contributed by atoms with Gasteiger partial charge >= 0.3 is 0 Å². The number of aryl methyl sites for hydroxylation is 1. The highest BCUT2D eigenvalue weighted by molar-refractivity contribution is 5.94. The maximum absolute atomic E-state index is 12.1. The zero-order valence-corrected chi connectivity index (χ0v) is 17.6. The number of carbonyl (C=O) groups is 1. The fraction of sp³-hybridized carbons (Fsp3) is 0.391. The Kier molecular flexibility index (Phi) is 9.02.